The van der Waals surface area contributed by atoms with Crippen LogP contribution in [0.4, 0.5) is 0 Å². The summed E-state index contributed by atoms with van der Waals surface area (Å²) in [7, 11) is 1.62. The first-order valence-corrected chi connectivity index (χ1v) is 8.01. The van der Waals surface area contributed by atoms with E-state index in [1.165, 1.54) is 0 Å². The van der Waals surface area contributed by atoms with Crippen molar-refractivity contribution < 1.29 is 13.2 Å². The molecule has 0 aliphatic rings. The molecule has 1 rings (SSSR count). The number of benzene rings is 1. The van der Waals surface area contributed by atoms with Gasteiger partial charge in [-0.1, -0.05) is 30.1 Å². The molecule has 0 aliphatic carbocycles. The largest absolute Gasteiger partial charge is 0.492 e. The van der Waals surface area contributed by atoms with Crippen LogP contribution in [0.3, 0.4) is 0 Å². The van der Waals surface area contributed by atoms with E-state index in [4.69, 9.17) is 38.6 Å². The van der Waals surface area contributed by atoms with Crippen molar-refractivity contribution in [1.29, 1.82) is 0 Å². The smallest absolute Gasteiger partial charge is 0.232 e. The highest BCUT2D eigenvalue weighted by molar-refractivity contribution is 8.13. The number of halogens is 3. The highest BCUT2D eigenvalue weighted by Gasteiger charge is 2.14. The fraction of sp³-hybridized carbons (Fsp3) is 0.400. The average molecular weight is 318 g/mol. The molecule has 7 heteroatoms. The van der Waals surface area contributed by atoms with Crippen LogP contribution in [0.2, 0.25) is 10.0 Å². The quantitative estimate of drug-likeness (QED) is 0.780. The Morgan fingerprint density at radius 2 is 2.00 bits per heavy atom. The van der Waals surface area contributed by atoms with E-state index in [1.54, 1.807) is 25.1 Å². The highest BCUT2D eigenvalue weighted by atomic mass is 35.7. The molecule has 1 unspecified atom stereocenters. The maximum Gasteiger partial charge on any atom is 0.232 e. The molecule has 0 aromatic heterocycles. The second kappa shape index (κ2) is 6.14. The Hall–Kier alpha value is -0.160. The first kappa shape index (κ1) is 14.9. The normalized spacial score (nSPS) is 13.4. The molecule has 17 heavy (non-hydrogen) atoms. The van der Waals surface area contributed by atoms with Gasteiger partial charge < -0.3 is 4.74 Å². The lowest BCUT2D eigenvalue weighted by molar-refractivity contribution is 0.272. The predicted octanol–water partition coefficient (Wildman–Crippen LogP) is 3.58. The van der Waals surface area contributed by atoms with Crippen molar-refractivity contribution in [2.75, 3.05) is 12.4 Å². The molecule has 0 fully saturated rings. The lowest BCUT2D eigenvalue weighted by Crippen LogP contribution is -2.16. The molecule has 1 atom stereocenters. The Kier molecular flexibility index (Phi) is 5.38. The van der Waals surface area contributed by atoms with E-state index >= 15 is 0 Å². The van der Waals surface area contributed by atoms with Gasteiger partial charge in [0, 0.05) is 27.7 Å². The zero-order chi connectivity index (χ0) is 13.1. The SMILES string of the molecule is CC(COc1cc(Cl)ccc1Cl)CS(=O)(=O)Cl. The van der Waals surface area contributed by atoms with Crippen LogP contribution in [0.1, 0.15) is 6.92 Å². The van der Waals surface area contributed by atoms with Gasteiger partial charge in [0.1, 0.15) is 5.75 Å². The summed E-state index contributed by atoms with van der Waals surface area (Å²) in [5.41, 5.74) is 0. The molecule has 0 amide bonds. The third-order valence-electron chi connectivity index (χ3n) is 1.90. The van der Waals surface area contributed by atoms with Crippen LogP contribution in [-0.4, -0.2) is 20.8 Å². The third-order valence-corrected chi connectivity index (χ3v) is 3.79. The zero-order valence-electron chi connectivity index (χ0n) is 8.99. The maximum atomic E-state index is 10.8. The maximum absolute atomic E-state index is 10.8. The molecule has 0 bridgehead atoms. The van der Waals surface area contributed by atoms with Crippen LogP contribution in [0.5, 0.6) is 5.75 Å². The Bertz CT molecular complexity index is 488. The minimum absolute atomic E-state index is 0.146. The summed E-state index contributed by atoms with van der Waals surface area (Å²) in [4.78, 5) is 0. The van der Waals surface area contributed by atoms with Gasteiger partial charge in [0.05, 0.1) is 17.4 Å². The van der Waals surface area contributed by atoms with E-state index in [9.17, 15) is 8.42 Å². The summed E-state index contributed by atoms with van der Waals surface area (Å²) in [6, 6.07) is 4.83. The average Bonchev–Trinajstić information content (AvgIpc) is 2.17. The van der Waals surface area contributed by atoms with Crippen LogP contribution < -0.4 is 4.74 Å². The van der Waals surface area contributed by atoms with Crippen LogP contribution in [0.25, 0.3) is 0 Å². The van der Waals surface area contributed by atoms with Crippen LogP contribution in [0, 0.1) is 5.92 Å². The monoisotopic (exact) mass is 316 g/mol. The Morgan fingerprint density at radius 3 is 2.59 bits per heavy atom. The minimum Gasteiger partial charge on any atom is -0.492 e. The van der Waals surface area contributed by atoms with E-state index in [0.29, 0.717) is 15.8 Å². The number of hydrogen-bond acceptors (Lipinski definition) is 3. The van der Waals surface area contributed by atoms with Gasteiger partial charge >= 0.3 is 0 Å². The van der Waals surface area contributed by atoms with Crippen LogP contribution in [-0.2, 0) is 9.05 Å². The van der Waals surface area contributed by atoms with Crippen molar-refractivity contribution in [2.45, 2.75) is 6.92 Å². The third kappa shape index (κ3) is 5.82. The summed E-state index contributed by atoms with van der Waals surface area (Å²) in [5.74, 6) is 0.0535. The van der Waals surface area contributed by atoms with Crippen molar-refractivity contribution in [2.24, 2.45) is 5.92 Å². The first-order valence-electron chi connectivity index (χ1n) is 4.78. The fourth-order valence-electron chi connectivity index (χ4n) is 1.21. The lowest BCUT2D eigenvalue weighted by atomic mass is 10.2. The van der Waals surface area contributed by atoms with Crippen LogP contribution >= 0.6 is 33.9 Å². The van der Waals surface area contributed by atoms with Gasteiger partial charge in [-0.25, -0.2) is 8.42 Å². The molecule has 0 saturated carbocycles. The van der Waals surface area contributed by atoms with Crippen molar-refractivity contribution in [3.63, 3.8) is 0 Å². The fourth-order valence-corrected chi connectivity index (χ4v) is 2.96. The minimum atomic E-state index is -3.51. The van der Waals surface area contributed by atoms with Gasteiger partial charge in [0.15, 0.2) is 0 Å². The van der Waals surface area contributed by atoms with Gasteiger partial charge in [-0.15, -0.1) is 0 Å². The van der Waals surface area contributed by atoms with Gasteiger partial charge in [0.25, 0.3) is 0 Å². The van der Waals surface area contributed by atoms with E-state index in [0.717, 1.165) is 0 Å². The van der Waals surface area contributed by atoms with E-state index in [1.807, 2.05) is 0 Å². The molecular weight excluding hydrogens is 307 g/mol. The van der Waals surface area contributed by atoms with Gasteiger partial charge in [-0.2, -0.15) is 0 Å². The van der Waals surface area contributed by atoms with E-state index in [2.05, 4.69) is 0 Å². The first-order chi connectivity index (χ1) is 7.78. The number of ether oxygens (including phenoxy) is 1. The standard InChI is InChI=1S/C10H11Cl3O3S/c1-7(6-17(13,14)15)5-16-10-4-8(11)2-3-9(10)12/h2-4,7H,5-6H2,1H3. The van der Waals surface area contributed by atoms with Gasteiger partial charge in [0.2, 0.25) is 9.05 Å². The van der Waals surface area contributed by atoms with E-state index < -0.39 is 9.05 Å². The predicted molar refractivity (Wildman–Crippen MR) is 70.8 cm³/mol. The molecular formula is C10H11Cl3O3S. The Labute approximate surface area is 115 Å². The molecule has 0 saturated heterocycles. The highest BCUT2D eigenvalue weighted by Crippen LogP contribution is 2.28. The molecule has 1 aromatic rings. The van der Waals surface area contributed by atoms with Crippen molar-refractivity contribution in [3.05, 3.63) is 28.2 Å². The zero-order valence-corrected chi connectivity index (χ0v) is 12.1. The summed E-state index contributed by atoms with van der Waals surface area (Å²) in [5, 5.41) is 0.928. The second-order valence-electron chi connectivity index (χ2n) is 3.70. The molecule has 0 radical (unpaired) electrons. The molecule has 0 aliphatic heterocycles. The molecule has 0 spiro atoms. The summed E-state index contributed by atoms with van der Waals surface area (Å²) in [6.45, 7) is 1.92. The number of rotatable bonds is 5. The summed E-state index contributed by atoms with van der Waals surface area (Å²) < 4.78 is 27.1. The van der Waals surface area contributed by atoms with Gasteiger partial charge in [-0.3, -0.25) is 0 Å². The molecule has 0 N–H and O–H groups in total. The summed E-state index contributed by atoms with van der Waals surface area (Å²) in [6.07, 6.45) is 0. The van der Waals surface area contributed by atoms with Crippen molar-refractivity contribution >= 4 is 42.9 Å². The molecule has 1 aromatic carbocycles. The second-order valence-corrected chi connectivity index (χ2v) is 7.36. The summed E-state index contributed by atoms with van der Waals surface area (Å²) >= 11 is 11.7. The van der Waals surface area contributed by atoms with Crippen molar-refractivity contribution in [3.8, 4) is 5.75 Å². The van der Waals surface area contributed by atoms with E-state index in [-0.39, 0.29) is 18.3 Å². The molecule has 0 heterocycles. The number of hydrogen-bond donors (Lipinski definition) is 0. The molecule has 96 valence electrons. The Balaban J connectivity index is 2.58. The van der Waals surface area contributed by atoms with Crippen LogP contribution in [0.15, 0.2) is 18.2 Å². The lowest BCUT2D eigenvalue weighted by Gasteiger charge is -2.12. The molecule has 3 nitrogen and oxygen atoms in total. The topological polar surface area (TPSA) is 43.4 Å². The van der Waals surface area contributed by atoms with Gasteiger partial charge in [-0.05, 0) is 12.1 Å². The van der Waals surface area contributed by atoms with Crippen molar-refractivity contribution in [1.82, 2.24) is 0 Å². The Morgan fingerprint density at radius 1 is 1.35 bits per heavy atom.